The Morgan fingerprint density at radius 3 is 2.63 bits per heavy atom. The fourth-order valence-electron chi connectivity index (χ4n) is 3.61. The number of morpholine rings is 1. The summed E-state index contributed by atoms with van der Waals surface area (Å²) in [5, 5.41) is 10.2. The molecule has 0 amide bonds. The van der Waals surface area contributed by atoms with E-state index in [9.17, 15) is 23.1 Å². The Bertz CT molecular complexity index is 744. The maximum atomic E-state index is 13.6. The van der Waals surface area contributed by atoms with Crippen LogP contribution in [0.3, 0.4) is 0 Å². The Morgan fingerprint density at radius 2 is 2.04 bits per heavy atom. The van der Waals surface area contributed by atoms with Gasteiger partial charge in [-0.2, -0.15) is 18.2 Å². The first-order valence-electron chi connectivity index (χ1n) is 8.99. The topological polar surface area (TPSA) is 70.8 Å². The van der Waals surface area contributed by atoms with Gasteiger partial charge in [-0.1, -0.05) is 0 Å². The lowest BCUT2D eigenvalue weighted by Gasteiger charge is -2.42. The Labute approximate surface area is 155 Å². The van der Waals surface area contributed by atoms with E-state index in [1.165, 1.54) is 24.5 Å². The van der Waals surface area contributed by atoms with Crippen molar-refractivity contribution in [3.8, 4) is 0 Å². The van der Waals surface area contributed by atoms with Crippen LogP contribution in [0.5, 0.6) is 0 Å². The zero-order chi connectivity index (χ0) is 20.0. The third-order valence-electron chi connectivity index (χ3n) is 4.83. The van der Waals surface area contributed by atoms with Gasteiger partial charge in [0.05, 0.1) is 24.9 Å². The number of anilines is 2. The van der Waals surface area contributed by atoms with Crippen LogP contribution in [0, 0.1) is 0 Å². The van der Waals surface area contributed by atoms with E-state index in [0.717, 1.165) is 4.90 Å². The average molecular weight is 390 g/mol. The lowest BCUT2D eigenvalue weighted by molar-refractivity contribution is -0.154. The van der Waals surface area contributed by atoms with Gasteiger partial charge in [0.2, 0.25) is 5.95 Å². The summed E-state index contributed by atoms with van der Waals surface area (Å²) in [6.45, 7) is 5.85. The molecule has 3 heterocycles. The van der Waals surface area contributed by atoms with Gasteiger partial charge in [-0.05, 0) is 27.2 Å². The number of aliphatic hydroxyl groups is 1. The molecule has 2 aliphatic rings. The van der Waals surface area contributed by atoms with Crippen molar-refractivity contribution >= 4 is 11.8 Å². The van der Waals surface area contributed by atoms with Crippen LogP contribution in [-0.4, -0.2) is 64.8 Å². The van der Waals surface area contributed by atoms with Crippen molar-refractivity contribution in [1.29, 1.82) is 0 Å². The normalized spacial score (nSPS) is 24.1. The molecule has 1 aromatic heterocycles. The van der Waals surface area contributed by atoms with Gasteiger partial charge in [0.25, 0.3) is 5.56 Å². The highest BCUT2D eigenvalue weighted by Gasteiger charge is 2.48. The lowest BCUT2D eigenvalue weighted by Crippen LogP contribution is -2.56. The number of halogens is 3. The van der Waals surface area contributed by atoms with Crippen molar-refractivity contribution in [2.24, 2.45) is 0 Å². The summed E-state index contributed by atoms with van der Waals surface area (Å²) in [6.07, 6.45) is -4.75. The van der Waals surface area contributed by atoms with Crippen LogP contribution in [0.15, 0.2) is 10.9 Å². The first-order valence-corrected chi connectivity index (χ1v) is 8.99. The van der Waals surface area contributed by atoms with Crippen LogP contribution in [-0.2, 0) is 11.3 Å². The summed E-state index contributed by atoms with van der Waals surface area (Å²) in [5.74, 6) is 0.289. The fraction of sp³-hybridized carbons (Fsp3) is 0.765. The van der Waals surface area contributed by atoms with E-state index in [-0.39, 0.29) is 31.5 Å². The van der Waals surface area contributed by atoms with Crippen molar-refractivity contribution in [2.45, 2.75) is 57.6 Å². The third kappa shape index (κ3) is 4.21. The van der Waals surface area contributed by atoms with Crippen LogP contribution < -0.4 is 15.4 Å². The molecule has 1 unspecified atom stereocenters. The number of rotatable bonds is 3. The van der Waals surface area contributed by atoms with Crippen molar-refractivity contribution in [3.63, 3.8) is 0 Å². The molecule has 10 heteroatoms. The Balaban J connectivity index is 2.08. The highest BCUT2D eigenvalue weighted by molar-refractivity contribution is 5.47. The van der Waals surface area contributed by atoms with Crippen LogP contribution in [0.25, 0.3) is 0 Å². The molecule has 0 spiro atoms. The smallest absolute Gasteiger partial charge is 0.389 e. The molecular weight excluding hydrogens is 365 g/mol. The van der Waals surface area contributed by atoms with Gasteiger partial charge < -0.3 is 19.6 Å². The van der Waals surface area contributed by atoms with E-state index in [2.05, 4.69) is 4.98 Å². The highest BCUT2D eigenvalue weighted by atomic mass is 19.4. The molecule has 1 saturated heterocycles. The molecule has 0 radical (unpaired) electrons. The van der Waals surface area contributed by atoms with Gasteiger partial charge in [-0.15, -0.1) is 0 Å². The van der Waals surface area contributed by atoms with E-state index >= 15 is 0 Å². The van der Waals surface area contributed by atoms with Gasteiger partial charge in [-0.3, -0.25) is 9.36 Å². The molecule has 3 rings (SSSR count). The highest BCUT2D eigenvalue weighted by Crippen LogP contribution is 2.35. The molecule has 152 valence electrons. The molecule has 2 atom stereocenters. The maximum Gasteiger partial charge on any atom is 0.408 e. The largest absolute Gasteiger partial charge is 0.408 e. The number of nitrogens with zero attached hydrogens (tertiary/aromatic N) is 4. The van der Waals surface area contributed by atoms with Crippen molar-refractivity contribution in [1.82, 2.24) is 9.55 Å². The predicted molar refractivity (Wildman–Crippen MR) is 94.2 cm³/mol. The van der Waals surface area contributed by atoms with Crippen LogP contribution in [0.2, 0.25) is 0 Å². The Hall–Kier alpha value is -1.81. The standard InChI is InChI=1S/C17H25F3N4O3/c1-11-9-27-7-6-22(11)13-8-14(25)23-5-4-12(17(18,19)20)24(15(23)21-13)10-16(2,3)26/h8,11-12,26H,4-7,9-10H2,1-3H3/t11-,12?/m1/s1. The van der Waals surface area contributed by atoms with Gasteiger partial charge >= 0.3 is 6.18 Å². The van der Waals surface area contributed by atoms with Crippen LogP contribution in [0.1, 0.15) is 27.2 Å². The molecule has 0 aliphatic carbocycles. The Morgan fingerprint density at radius 1 is 1.33 bits per heavy atom. The second kappa shape index (κ2) is 6.97. The number of alkyl halides is 3. The molecule has 2 aliphatic heterocycles. The molecule has 7 nitrogen and oxygen atoms in total. The first-order chi connectivity index (χ1) is 12.5. The van der Waals surface area contributed by atoms with E-state index < -0.39 is 23.4 Å². The molecule has 0 bridgehead atoms. The molecule has 1 aromatic rings. The number of fused-ring (bicyclic) bond motifs is 1. The molecule has 0 saturated carbocycles. The van der Waals surface area contributed by atoms with Gasteiger partial charge in [0.15, 0.2) is 0 Å². The maximum absolute atomic E-state index is 13.6. The monoisotopic (exact) mass is 390 g/mol. The minimum atomic E-state index is -4.49. The van der Waals surface area contributed by atoms with Crippen molar-refractivity contribution in [2.75, 3.05) is 36.1 Å². The molecule has 1 fully saturated rings. The number of hydrogen-bond acceptors (Lipinski definition) is 6. The average Bonchev–Trinajstić information content (AvgIpc) is 2.53. The molecular formula is C17H25F3N4O3. The number of β-amino-alcohol motifs (C(OH)–C–C–N with tert-alkyl or cyclic N) is 1. The third-order valence-corrected chi connectivity index (χ3v) is 4.83. The van der Waals surface area contributed by atoms with Gasteiger partial charge in [-0.25, -0.2) is 0 Å². The first kappa shape index (κ1) is 19.9. The minimum Gasteiger partial charge on any atom is -0.389 e. The zero-order valence-corrected chi connectivity index (χ0v) is 15.7. The summed E-state index contributed by atoms with van der Waals surface area (Å²) < 4.78 is 47.5. The molecule has 27 heavy (non-hydrogen) atoms. The van der Waals surface area contributed by atoms with E-state index in [4.69, 9.17) is 4.74 Å². The van der Waals surface area contributed by atoms with Gasteiger partial charge in [0, 0.05) is 25.7 Å². The van der Waals surface area contributed by atoms with Gasteiger partial charge in [0.1, 0.15) is 11.9 Å². The summed E-state index contributed by atoms with van der Waals surface area (Å²) in [5.41, 5.74) is -1.78. The number of aromatic nitrogens is 2. The van der Waals surface area contributed by atoms with Crippen molar-refractivity contribution < 1.29 is 23.0 Å². The van der Waals surface area contributed by atoms with Crippen LogP contribution >= 0.6 is 0 Å². The van der Waals surface area contributed by atoms with E-state index in [0.29, 0.717) is 25.6 Å². The molecule has 1 N–H and O–H groups in total. The predicted octanol–water partition coefficient (Wildman–Crippen LogP) is 1.38. The Kier molecular flexibility index (Phi) is 5.15. The lowest BCUT2D eigenvalue weighted by atomic mass is 10.0. The number of ether oxygens (including phenoxy) is 1. The second-order valence-electron chi connectivity index (χ2n) is 7.81. The van der Waals surface area contributed by atoms with Crippen molar-refractivity contribution in [3.05, 3.63) is 16.4 Å². The second-order valence-corrected chi connectivity index (χ2v) is 7.81. The number of hydrogen-bond donors (Lipinski definition) is 1. The SMILES string of the molecule is C[C@@H]1COCCN1c1cc(=O)n2c(n1)N(CC(C)(C)O)C(C(F)(F)F)CC2. The fourth-order valence-corrected chi connectivity index (χ4v) is 3.61. The quantitative estimate of drug-likeness (QED) is 0.841. The minimum absolute atomic E-state index is 0.0431. The van der Waals surface area contributed by atoms with E-state index in [1.807, 2.05) is 11.8 Å². The molecule has 0 aromatic carbocycles. The summed E-state index contributed by atoms with van der Waals surface area (Å²) in [4.78, 5) is 19.9. The summed E-state index contributed by atoms with van der Waals surface area (Å²) in [7, 11) is 0. The summed E-state index contributed by atoms with van der Waals surface area (Å²) >= 11 is 0. The van der Waals surface area contributed by atoms with Crippen LogP contribution in [0.4, 0.5) is 24.9 Å². The zero-order valence-electron chi connectivity index (χ0n) is 15.7. The summed E-state index contributed by atoms with van der Waals surface area (Å²) in [6, 6.07) is -0.478. The van der Waals surface area contributed by atoms with E-state index in [1.54, 1.807) is 0 Å².